The Hall–Kier alpha value is -0.780. The minimum Gasteiger partial charge on any atom is -0.439 e. The molecule has 1 fully saturated rings. The van der Waals surface area contributed by atoms with Crippen LogP contribution in [0.25, 0.3) is 11.1 Å². The van der Waals surface area contributed by atoms with E-state index in [1.807, 2.05) is 26.8 Å². The number of rotatable bonds is 2. The van der Waals surface area contributed by atoms with Crippen molar-refractivity contribution >= 4 is 34.5 Å². The van der Waals surface area contributed by atoms with Crippen molar-refractivity contribution < 1.29 is 13.5 Å². The van der Waals surface area contributed by atoms with Crippen LogP contribution in [0.5, 0.6) is 0 Å². The number of hydrogen-bond acceptors (Lipinski definition) is 4. The van der Waals surface area contributed by atoms with E-state index in [-0.39, 0.29) is 17.3 Å². The maximum Gasteiger partial charge on any atom is 0.200 e. The van der Waals surface area contributed by atoms with Crippen LogP contribution in [0.15, 0.2) is 21.4 Å². The number of halogens is 2. The van der Waals surface area contributed by atoms with Gasteiger partial charge in [0.2, 0.25) is 5.89 Å². The van der Waals surface area contributed by atoms with Crippen molar-refractivity contribution in [3.8, 4) is 0 Å². The average molecular weight is 344 g/mol. The first kappa shape index (κ1) is 16.1. The molecule has 3 rings (SSSR count). The Bertz CT molecular complexity index is 683. The minimum atomic E-state index is -0.991. The lowest BCUT2D eigenvalue weighted by Crippen LogP contribution is -2.31. The van der Waals surface area contributed by atoms with Gasteiger partial charge in [-0.05, 0) is 18.6 Å². The highest BCUT2D eigenvalue weighted by Gasteiger charge is 2.29. The summed E-state index contributed by atoms with van der Waals surface area (Å²) in [4.78, 5) is 5.32. The third-order valence-corrected chi connectivity index (χ3v) is 5.50. The molecule has 2 heterocycles. The molecule has 3 nitrogen and oxygen atoms in total. The lowest BCUT2D eigenvalue weighted by molar-refractivity contribution is 0.0410. The normalized spacial score (nSPS) is 23.1. The smallest absolute Gasteiger partial charge is 0.200 e. The number of hydrogen-bond donors (Lipinski definition) is 0. The molecule has 0 amide bonds. The van der Waals surface area contributed by atoms with Gasteiger partial charge in [0, 0.05) is 17.3 Å². The van der Waals surface area contributed by atoms with Crippen LogP contribution in [-0.2, 0) is 10.2 Å². The Kier molecular flexibility index (Phi) is 4.40. The summed E-state index contributed by atoms with van der Waals surface area (Å²) >= 11 is 7.76. The van der Waals surface area contributed by atoms with E-state index < -0.39 is 6.17 Å². The number of thioether (sulfide) groups is 1. The van der Waals surface area contributed by atoms with Gasteiger partial charge < -0.3 is 9.15 Å². The predicted molar refractivity (Wildman–Crippen MR) is 87.7 cm³/mol. The van der Waals surface area contributed by atoms with Crippen LogP contribution < -0.4 is 0 Å². The summed E-state index contributed by atoms with van der Waals surface area (Å²) in [6.45, 7) is 6.86. The second-order valence-electron chi connectivity index (χ2n) is 6.53. The predicted octanol–water partition coefficient (Wildman–Crippen LogP) is 5.00. The van der Waals surface area contributed by atoms with E-state index in [0.29, 0.717) is 29.5 Å². The van der Waals surface area contributed by atoms with Crippen LogP contribution in [0.4, 0.5) is 4.39 Å². The molecule has 120 valence electrons. The molecule has 1 aromatic heterocycles. The molecule has 2 atom stereocenters. The molecule has 0 unspecified atom stereocenters. The Balaban J connectivity index is 2.00. The van der Waals surface area contributed by atoms with E-state index in [9.17, 15) is 4.39 Å². The first-order valence-electron chi connectivity index (χ1n) is 7.34. The van der Waals surface area contributed by atoms with Crippen LogP contribution in [0, 0.1) is 0 Å². The van der Waals surface area contributed by atoms with Gasteiger partial charge in [0.05, 0.1) is 16.5 Å². The molecular weight excluding hydrogens is 325 g/mol. The van der Waals surface area contributed by atoms with Crippen molar-refractivity contribution in [3.63, 3.8) is 0 Å². The molecule has 6 heteroatoms. The van der Waals surface area contributed by atoms with Crippen molar-refractivity contribution in [1.82, 2.24) is 4.98 Å². The summed E-state index contributed by atoms with van der Waals surface area (Å²) in [6.07, 6.45) is -0.325. The molecule has 0 saturated carbocycles. The number of aromatic nitrogens is 1. The quantitative estimate of drug-likeness (QED) is 0.768. The van der Waals surface area contributed by atoms with Gasteiger partial charge in [-0.25, -0.2) is 9.37 Å². The highest BCUT2D eigenvalue weighted by atomic mass is 35.5. The van der Waals surface area contributed by atoms with E-state index in [1.165, 1.54) is 11.8 Å². The summed E-state index contributed by atoms with van der Waals surface area (Å²) < 4.78 is 25.1. The summed E-state index contributed by atoms with van der Waals surface area (Å²) in [5.41, 5.74) is 1.23. The molecule has 22 heavy (non-hydrogen) atoms. The third kappa shape index (κ3) is 3.12. The topological polar surface area (TPSA) is 35.3 Å². The summed E-state index contributed by atoms with van der Waals surface area (Å²) in [7, 11) is 0. The number of ether oxygens (including phenoxy) is 1. The van der Waals surface area contributed by atoms with Gasteiger partial charge in [0.1, 0.15) is 11.7 Å². The summed E-state index contributed by atoms with van der Waals surface area (Å²) in [5, 5.41) is 0.410. The van der Waals surface area contributed by atoms with Gasteiger partial charge in [0.25, 0.3) is 0 Å². The number of fused-ring (bicyclic) bond motifs is 1. The molecule has 1 saturated heterocycles. The van der Waals surface area contributed by atoms with Crippen molar-refractivity contribution in [3.05, 3.63) is 23.0 Å². The van der Waals surface area contributed by atoms with E-state index in [4.69, 9.17) is 20.8 Å². The Labute approximate surface area is 138 Å². The Morgan fingerprint density at radius 1 is 1.36 bits per heavy atom. The minimum absolute atomic E-state index is 0.148. The summed E-state index contributed by atoms with van der Waals surface area (Å²) in [6, 6.07) is 3.64. The van der Waals surface area contributed by atoms with Gasteiger partial charge in [0.15, 0.2) is 5.58 Å². The fourth-order valence-electron chi connectivity index (χ4n) is 2.34. The maximum atomic E-state index is 14.0. The van der Waals surface area contributed by atoms with E-state index >= 15 is 0 Å². The van der Waals surface area contributed by atoms with Crippen molar-refractivity contribution in [2.24, 2.45) is 0 Å². The number of nitrogens with zero attached hydrogens (tertiary/aromatic N) is 1. The van der Waals surface area contributed by atoms with Crippen molar-refractivity contribution in [2.45, 2.75) is 48.9 Å². The van der Waals surface area contributed by atoms with Crippen LogP contribution in [0.1, 0.15) is 33.1 Å². The van der Waals surface area contributed by atoms with Gasteiger partial charge in [-0.2, -0.15) is 0 Å². The molecule has 1 aromatic carbocycles. The van der Waals surface area contributed by atoms with Gasteiger partial charge in [-0.1, -0.05) is 32.4 Å². The van der Waals surface area contributed by atoms with Crippen molar-refractivity contribution in [1.29, 1.82) is 0 Å². The van der Waals surface area contributed by atoms with E-state index in [2.05, 4.69) is 4.98 Å². The lowest BCUT2D eigenvalue weighted by Gasteiger charge is -2.25. The molecule has 1 aliphatic rings. The maximum absolute atomic E-state index is 14.0. The van der Waals surface area contributed by atoms with Gasteiger partial charge >= 0.3 is 0 Å². The van der Waals surface area contributed by atoms with Gasteiger partial charge in [-0.15, -0.1) is 11.8 Å². The van der Waals surface area contributed by atoms with E-state index in [1.54, 1.807) is 6.07 Å². The Morgan fingerprint density at radius 3 is 2.82 bits per heavy atom. The fraction of sp³-hybridized carbons (Fsp3) is 0.562. The zero-order chi connectivity index (χ0) is 15.9. The highest BCUT2D eigenvalue weighted by molar-refractivity contribution is 8.00. The summed E-state index contributed by atoms with van der Waals surface area (Å²) in [5.74, 6) is 0.662. The molecule has 0 radical (unpaired) electrons. The monoisotopic (exact) mass is 343 g/mol. The van der Waals surface area contributed by atoms with Gasteiger partial charge in [-0.3, -0.25) is 0 Å². The second-order valence-corrected chi connectivity index (χ2v) is 8.19. The van der Waals surface area contributed by atoms with Crippen LogP contribution >= 0.6 is 23.4 Å². The molecule has 0 N–H and O–H groups in total. The van der Waals surface area contributed by atoms with Crippen LogP contribution in [0.3, 0.4) is 0 Å². The lowest BCUT2D eigenvalue weighted by atomic mass is 9.97. The standard InChI is InChI=1S/C16H19ClFNO2S/c1-16(2,3)15-19-11-5-4-9(17)14(13(11)21-15)22-12-6-7-20-8-10(12)18/h4-5,10,12H,6-8H2,1-3H3/t10-,12-/m1/s1. The zero-order valence-corrected chi connectivity index (χ0v) is 14.4. The number of alkyl halides is 1. The molecule has 0 aliphatic carbocycles. The highest BCUT2D eigenvalue weighted by Crippen LogP contribution is 2.41. The molecule has 1 aliphatic heterocycles. The molecular formula is C16H19ClFNO2S. The van der Waals surface area contributed by atoms with Crippen LogP contribution in [-0.4, -0.2) is 29.6 Å². The second kappa shape index (κ2) is 6.02. The first-order chi connectivity index (χ1) is 10.4. The SMILES string of the molecule is CC(C)(C)c1nc2ccc(Cl)c(S[C@@H]3CCOC[C@H]3F)c2o1. The first-order valence-corrected chi connectivity index (χ1v) is 8.60. The molecule has 0 spiro atoms. The number of oxazole rings is 1. The molecule has 0 bridgehead atoms. The van der Waals surface area contributed by atoms with Crippen molar-refractivity contribution in [2.75, 3.05) is 13.2 Å². The fourth-order valence-corrected chi connectivity index (χ4v) is 3.80. The largest absolute Gasteiger partial charge is 0.439 e. The number of benzene rings is 1. The van der Waals surface area contributed by atoms with Crippen LogP contribution in [0.2, 0.25) is 5.02 Å². The zero-order valence-electron chi connectivity index (χ0n) is 12.9. The third-order valence-electron chi connectivity index (χ3n) is 3.60. The van der Waals surface area contributed by atoms with E-state index in [0.717, 1.165) is 10.4 Å². The average Bonchev–Trinajstić information content (AvgIpc) is 2.88. The molecule has 2 aromatic rings. The Morgan fingerprint density at radius 2 is 2.14 bits per heavy atom.